The number of thioether (sulfide) groups is 1. The van der Waals surface area contributed by atoms with Crippen molar-refractivity contribution in [1.82, 2.24) is 15.2 Å². The molecular formula is C16H18N4O2S. The maximum absolute atomic E-state index is 12.5. The number of aromatic nitrogens is 3. The molecule has 1 atom stereocenters. The van der Waals surface area contributed by atoms with E-state index in [1.165, 1.54) is 11.8 Å². The molecule has 1 aliphatic heterocycles. The van der Waals surface area contributed by atoms with Gasteiger partial charge in [-0.2, -0.15) is 4.98 Å². The Labute approximate surface area is 139 Å². The van der Waals surface area contributed by atoms with Gasteiger partial charge in [0.1, 0.15) is 0 Å². The number of para-hydroxylation sites is 1. The van der Waals surface area contributed by atoms with Crippen molar-refractivity contribution in [2.24, 2.45) is 0 Å². The number of carbonyl (C=O) groups is 1. The van der Waals surface area contributed by atoms with Gasteiger partial charge in [-0.15, -0.1) is 10.2 Å². The van der Waals surface area contributed by atoms with Crippen LogP contribution in [0.25, 0.3) is 11.3 Å². The number of amides is 1. The number of benzene rings is 1. The fourth-order valence-corrected chi connectivity index (χ4v) is 2.88. The molecule has 0 saturated heterocycles. The average Bonchev–Trinajstić information content (AvgIpc) is 2.74. The minimum Gasteiger partial charge on any atom is -0.451 e. The van der Waals surface area contributed by atoms with Gasteiger partial charge in [-0.25, -0.2) is 0 Å². The lowest BCUT2D eigenvalue weighted by Crippen LogP contribution is -2.43. The van der Waals surface area contributed by atoms with Crippen LogP contribution in [-0.4, -0.2) is 33.6 Å². The summed E-state index contributed by atoms with van der Waals surface area (Å²) in [5, 5.41) is 8.94. The van der Waals surface area contributed by atoms with E-state index in [1.54, 1.807) is 4.90 Å². The van der Waals surface area contributed by atoms with Crippen LogP contribution in [0.1, 0.15) is 26.7 Å². The standard InChI is InChI=1S/C16H18N4O2S/c1-4-12(21)20-11-9-7-6-8-10(11)14-15(22-13(20)5-2)17-16(23-3)19-18-14/h6-9,13H,4-5H2,1-3H3/t13-/m1/s1. The van der Waals surface area contributed by atoms with Gasteiger partial charge in [0.15, 0.2) is 11.9 Å². The van der Waals surface area contributed by atoms with E-state index in [4.69, 9.17) is 4.74 Å². The molecule has 0 radical (unpaired) electrons. The van der Waals surface area contributed by atoms with Crippen molar-refractivity contribution in [3.8, 4) is 17.1 Å². The highest BCUT2D eigenvalue weighted by atomic mass is 32.2. The number of fused-ring (bicyclic) bond motifs is 3. The second-order valence-electron chi connectivity index (χ2n) is 5.07. The second-order valence-corrected chi connectivity index (χ2v) is 5.84. The van der Waals surface area contributed by atoms with Crippen LogP contribution in [0, 0.1) is 0 Å². The number of hydrogen-bond acceptors (Lipinski definition) is 6. The maximum Gasteiger partial charge on any atom is 0.247 e. The molecule has 0 fully saturated rings. The zero-order valence-electron chi connectivity index (χ0n) is 13.3. The van der Waals surface area contributed by atoms with E-state index in [1.807, 2.05) is 44.4 Å². The molecule has 2 aromatic rings. The Morgan fingerprint density at radius 1 is 1.30 bits per heavy atom. The Bertz CT molecular complexity index is 738. The summed E-state index contributed by atoms with van der Waals surface area (Å²) in [6.45, 7) is 3.83. The number of rotatable bonds is 3. The first-order valence-corrected chi connectivity index (χ1v) is 8.78. The van der Waals surface area contributed by atoms with Crippen molar-refractivity contribution in [3.05, 3.63) is 24.3 Å². The predicted molar refractivity (Wildman–Crippen MR) is 89.5 cm³/mol. The Kier molecular flexibility index (Phi) is 4.47. The highest BCUT2D eigenvalue weighted by Crippen LogP contribution is 2.39. The molecule has 120 valence electrons. The van der Waals surface area contributed by atoms with Crippen molar-refractivity contribution in [1.29, 1.82) is 0 Å². The number of hydrogen-bond donors (Lipinski definition) is 0. The summed E-state index contributed by atoms with van der Waals surface area (Å²) in [6.07, 6.45) is 2.53. The monoisotopic (exact) mass is 330 g/mol. The van der Waals surface area contributed by atoms with Gasteiger partial charge >= 0.3 is 0 Å². The summed E-state index contributed by atoms with van der Waals surface area (Å²) >= 11 is 1.40. The minimum atomic E-state index is -0.406. The van der Waals surface area contributed by atoms with Crippen molar-refractivity contribution in [3.63, 3.8) is 0 Å². The summed E-state index contributed by atoms with van der Waals surface area (Å²) < 4.78 is 6.04. The highest BCUT2D eigenvalue weighted by Gasteiger charge is 2.32. The van der Waals surface area contributed by atoms with E-state index in [0.717, 1.165) is 11.3 Å². The van der Waals surface area contributed by atoms with Gasteiger partial charge in [-0.3, -0.25) is 9.69 Å². The van der Waals surface area contributed by atoms with Crippen LogP contribution in [0.4, 0.5) is 5.69 Å². The Morgan fingerprint density at radius 2 is 2.09 bits per heavy atom. The fourth-order valence-electron chi connectivity index (χ4n) is 2.59. The molecule has 3 rings (SSSR count). The summed E-state index contributed by atoms with van der Waals surface area (Å²) in [6, 6.07) is 7.64. The van der Waals surface area contributed by atoms with Gasteiger partial charge in [0, 0.05) is 18.4 Å². The number of ether oxygens (including phenoxy) is 1. The van der Waals surface area contributed by atoms with E-state index >= 15 is 0 Å². The molecule has 1 aromatic carbocycles. The van der Waals surface area contributed by atoms with Crippen LogP contribution in [0.5, 0.6) is 5.88 Å². The van der Waals surface area contributed by atoms with Gasteiger partial charge in [0.2, 0.25) is 16.9 Å². The molecule has 0 bridgehead atoms. The Balaban J connectivity index is 2.23. The molecular weight excluding hydrogens is 312 g/mol. The first-order valence-electron chi connectivity index (χ1n) is 7.56. The van der Waals surface area contributed by atoms with Crippen LogP contribution in [0.2, 0.25) is 0 Å². The summed E-state index contributed by atoms with van der Waals surface area (Å²) in [4.78, 5) is 18.7. The van der Waals surface area contributed by atoms with E-state index in [2.05, 4.69) is 15.2 Å². The van der Waals surface area contributed by atoms with Crippen molar-refractivity contribution in [2.45, 2.75) is 38.1 Å². The first-order chi connectivity index (χ1) is 11.2. The van der Waals surface area contributed by atoms with E-state index in [-0.39, 0.29) is 5.91 Å². The van der Waals surface area contributed by atoms with E-state index in [9.17, 15) is 4.79 Å². The van der Waals surface area contributed by atoms with Crippen LogP contribution in [0.15, 0.2) is 29.4 Å². The molecule has 1 amide bonds. The fraction of sp³-hybridized carbons (Fsp3) is 0.375. The Morgan fingerprint density at radius 3 is 2.78 bits per heavy atom. The highest BCUT2D eigenvalue weighted by molar-refractivity contribution is 7.98. The van der Waals surface area contributed by atoms with Crippen LogP contribution >= 0.6 is 11.8 Å². The van der Waals surface area contributed by atoms with Crippen molar-refractivity contribution < 1.29 is 9.53 Å². The SMILES string of the molecule is CCC(=O)N1c2ccccc2-c2nnc(SC)nc2O[C@@H]1CC. The number of anilines is 1. The van der Waals surface area contributed by atoms with Gasteiger partial charge in [0.25, 0.3) is 0 Å². The van der Waals surface area contributed by atoms with Gasteiger partial charge in [-0.1, -0.05) is 43.8 Å². The number of nitrogens with zero attached hydrogens (tertiary/aromatic N) is 4. The van der Waals surface area contributed by atoms with Crippen LogP contribution in [0.3, 0.4) is 0 Å². The van der Waals surface area contributed by atoms with Gasteiger partial charge in [-0.05, 0) is 12.3 Å². The minimum absolute atomic E-state index is 0.00940. The lowest BCUT2D eigenvalue weighted by Gasteiger charge is -2.29. The second kappa shape index (κ2) is 6.54. The topological polar surface area (TPSA) is 68.2 Å². The molecule has 2 heterocycles. The van der Waals surface area contributed by atoms with Crippen molar-refractivity contribution in [2.75, 3.05) is 11.2 Å². The zero-order valence-corrected chi connectivity index (χ0v) is 14.1. The molecule has 0 spiro atoms. The predicted octanol–water partition coefficient (Wildman–Crippen LogP) is 3.13. The Hall–Kier alpha value is -2.15. The lowest BCUT2D eigenvalue weighted by atomic mass is 10.1. The first kappa shape index (κ1) is 15.7. The summed E-state index contributed by atoms with van der Waals surface area (Å²) in [7, 11) is 0. The quantitative estimate of drug-likeness (QED) is 0.805. The van der Waals surface area contributed by atoms with Crippen LogP contribution < -0.4 is 9.64 Å². The molecule has 7 heteroatoms. The maximum atomic E-state index is 12.5. The molecule has 0 unspecified atom stereocenters. The van der Waals surface area contributed by atoms with E-state index < -0.39 is 6.23 Å². The van der Waals surface area contributed by atoms with Gasteiger partial charge in [0.05, 0.1) is 5.69 Å². The zero-order chi connectivity index (χ0) is 16.4. The molecule has 0 N–H and O–H groups in total. The summed E-state index contributed by atoms with van der Waals surface area (Å²) in [5.74, 6) is 0.435. The normalized spacial score (nSPS) is 16.1. The van der Waals surface area contributed by atoms with Crippen molar-refractivity contribution >= 4 is 23.4 Å². The lowest BCUT2D eigenvalue weighted by molar-refractivity contribution is -0.120. The molecule has 0 aliphatic carbocycles. The third-order valence-electron chi connectivity index (χ3n) is 3.69. The molecule has 1 aromatic heterocycles. The van der Waals surface area contributed by atoms with E-state index in [0.29, 0.717) is 29.6 Å². The third kappa shape index (κ3) is 2.76. The third-order valence-corrected chi connectivity index (χ3v) is 4.23. The van der Waals surface area contributed by atoms with Crippen LogP contribution in [-0.2, 0) is 4.79 Å². The van der Waals surface area contributed by atoms with Gasteiger partial charge < -0.3 is 4.74 Å². The molecule has 0 saturated carbocycles. The summed E-state index contributed by atoms with van der Waals surface area (Å²) in [5.41, 5.74) is 2.18. The smallest absolute Gasteiger partial charge is 0.247 e. The largest absolute Gasteiger partial charge is 0.451 e. The number of carbonyl (C=O) groups excluding carboxylic acids is 1. The molecule has 6 nitrogen and oxygen atoms in total. The molecule has 1 aliphatic rings. The average molecular weight is 330 g/mol. The molecule has 23 heavy (non-hydrogen) atoms.